The van der Waals surface area contributed by atoms with Crippen LogP contribution in [0.3, 0.4) is 0 Å². The highest BCUT2D eigenvalue weighted by Crippen LogP contribution is 2.45. The number of aromatic nitrogens is 2. The lowest BCUT2D eigenvalue weighted by Gasteiger charge is -2.45. The van der Waals surface area contributed by atoms with Crippen LogP contribution in [0.1, 0.15) is 48.0 Å². The van der Waals surface area contributed by atoms with Crippen LogP contribution >= 0.6 is 11.5 Å². The molecule has 0 aliphatic carbocycles. The summed E-state index contributed by atoms with van der Waals surface area (Å²) in [7, 11) is -1.06. The first kappa shape index (κ1) is 31.2. The molecule has 13 heteroatoms. The molecule has 4 aromatic rings. The molecule has 0 amide bonds. The fourth-order valence-corrected chi connectivity index (χ4v) is 8.38. The fraction of sp³-hybridized carbons (Fsp3) is 0.375. The number of ether oxygens (including phenoxy) is 3. The number of hydrogen-bond donors (Lipinski definition) is 0. The number of sulfonamides is 1. The number of alkyl halides is 1. The lowest BCUT2D eigenvalue weighted by molar-refractivity contribution is 0.0394. The predicted molar refractivity (Wildman–Crippen MR) is 167 cm³/mol. The van der Waals surface area contributed by atoms with Crippen LogP contribution in [0.5, 0.6) is 17.2 Å². The second-order valence-corrected chi connectivity index (χ2v) is 13.7. The highest BCUT2D eigenvalue weighted by atomic mass is 32.2. The van der Waals surface area contributed by atoms with Gasteiger partial charge in [0.25, 0.3) is 10.0 Å². The van der Waals surface area contributed by atoms with Gasteiger partial charge in [0.15, 0.2) is 0 Å². The first-order valence-corrected chi connectivity index (χ1v) is 16.9. The first-order chi connectivity index (χ1) is 21.8. The zero-order chi connectivity index (χ0) is 31.6. The van der Waals surface area contributed by atoms with Crippen molar-refractivity contribution in [2.24, 2.45) is 5.92 Å². The third kappa shape index (κ3) is 6.34. The molecule has 2 aliphatic heterocycles. The number of rotatable bonds is 10. The van der Waals surface area contributed by atoms with Crippen LogP contribution in [-0.4, -0.2) is 56.7 Å². The molecule has 238 valence electrons. The molecule has 45 heavy (non-hydrogen) atoms. The van der Waals surface area contributed by atoms with Gasteiger partial charge in [-0.25, -0.2) is 22.1 Å². The van der Waals surface area contributed by atoms with Gasteiger partial charge in [-0.05, 0) is 61.2 Å². The van der Waals surface area contributed by atoms with Crippen LogP contribution in [0.4, 0.5) is 13.9 Å². The van der Waals surface area contributed by atoms with Crippen molar-refractivity contribution in [3.8, 4) is 17.2 Å². The maximum atomic E-state index is 14.2. The van der Waals surface area contributed by atoms with Crippen molar-refractivity contribution in [1.29, 1.82) is 0 Å². The quantitative estimate of drug-likeness (QED) is 0.195. The van der Waals surface area contributed by atoms with E-state index in [1.54, 1.807) is 55.6 Å². The number of nitrogens with zero attached hydrogens (tertiary/aromatic N) is 4. The molecule has 0 radical (unpaired) electrons. The monoisotopic (exact) mass is 656 g/mol. The van der Waals surface area contributed by atoms with Gasteiger partial charge in [0, 0.05) is 53.3 Å². The fourth-order valence-electron chi connectivity index (χ4n) is 6.24. The molecule has 1 saturated heterocycles. The second kappa shape index (κ2) is 13.3. The van der Waals surface area contributed by atoms with E-state index in [1.165, 1.54) is 29.9 Å². The summed E-state index contributed by atoms with van der Waals surface area (Å²) in [5.41, 5.74) is 2.42. The van der Waals surface area contributed by atoms with E-state index in [-0.39, 0.29) is 40.4 Å². The molecule has 0 spiro atoms. The Kier molecular flexibility index (Phi) is 9.20. The van der Waals surface area contributed by atoms with Gasteiger partial charge in [-0.2, -0.15) is 4.37 Å². The summed E-state index contributed by atoms with van der Waals surface area (Å²) in [5, 5.41) is 0.210. The molecule has 3 aromatic carbocycles. The molecule has 3 atom stereocenters. The average Bonchev–Trinajstić information content (AvgIpc) is 3.61. The van der Waals surface area contributed by atoms with Gasteiger partial charge in [0.1, 0.15) is 29.4 Å². The van der Waals surface area contributed by atoms with Crippen molar-refractivity contribution in [2.45, 2.75) is 42.8 Å². The van der Waals surface area contributed by atoms with Crippen LogP contribution in [0, 0.1) is 11.7 Å². The van der Waals surface area contributed by atoms with Gasteiger partial charge in [-0.15, -0.1) is 0 Å². The van der Waals surface area contributed by atoms with Crippen molar-refractivity contribution in [3.63, 3.8) is 0 Å². The lowest BCUT2D eigenvalue weighted by Crippen LogP contribution is -2.41. The van der Waals surface area contributed by atoms with Gasteiger partial charge >= 0.3 is 0 Å². The molecular formula is C32H34F2N4O5S2. The molecular weight excluding hydrogens is 623 g/mol. The summed E-state index contributed by atoms with van der Waals surface area (Å²) in [4.78, 5) is 6.59. The van der Waals surface area contributed by atoms with Crippen molar-refractivity contribution >= 4 is 26.7 Å². The normalized spacial score (nSPS) is 20.2. The van der Waals surface area contributed by atoms with E-state index in [0.29, 0.717) is 55.2 Å². The summed E-state index contributed by atoms with van der Waals surface area (Å²) in [6.45, 7) is 0.609. The van der Waals surface area contributed by atoms with Gasteiger partial charge in [0.05, 0.1) is 38.9 Å². The van der Waals surface area contributed by atoms with Crippen LogP contribution in [-0.2, 0) is 16.6 Å². The minimum Gasteiger partial charge on any atom is -0.497 e. The second-order valence-electron chi connectivity index (χ2n) is 11.1. The largest absolute Gasteiger partial charge is 0.497 e. The number of likely N-dealkylation sites (tertiary alicyclic amines) is 1. The smallest absolute Gasteiger partial charge is 0.266 e. The van der Waals surface area contributed by atoms with Crippen molar-refractivity contribution in [1.82, 2.24) is 14.3 Å². The molecule has 3 heterocycles. The van der Waals surface area contributed by atoms with Crippen molar-refractivity contribution < 1.29 is 31.4 Å². The Labute approximate surface area is 265 Å². The summed E-state index contributed by atoms with van der Waals surface area (Å²) in [5.74, 6) is 1.15. The third-order valence-corrected chi connectivity index (χ3v) is 11.1. The van der Waals surface area contributed by atoms with Gasteiger partial charge in [-0.1, -0.05) is 18.2 Å². The third-order valence-electron chi connectivity index (χ3n) is 8.58. The lowest BCUT2D eigenvalue weighted by atomic mass is 9.85. The van der Waals surface area contributed by atoms with E-state index in [2.05, 4.69) is 14.3 Å². The Morgan fingerprint density at radius 2 is 1.87 bits per heavy atom. The predicted octanol–water partition coefficient (Wildman–Crippen LogP) is 6.34. The van der Waals surface area contributed by atoms with Crippen LogP contribution in [0.15, 0.2) is 71.9 Å². The molecule has 0 bridgehead atoms. The first-order valence-electron chi connectivity index (χ1n) is 14.7. The zero-order valence-electron chi connectivity index (χ0n) is 24.9. The Morgan fingerprint density at radius 3 is 2.58 bits per heavy atom. The minimum absolute atomic E-state index is 0.0475. The number of anilines is 1. The van der Waals surface area contributed by atoms with E-state index in [0.717, 1.165) is 22.7 Å². The SMILES string of the molecule is COc1ccc(CN(c2ncns2)S(=O)(=O)c2ccc3c(c2)OCC[C@@H]3N2CC[C@@H](CF)C[C@H]2c2ccc(F)cc2)c(OC)c1. The number of piperidine rings is 1. The molecule has 2 aliphatic rings. The van der Waals surface area contributed by atoms with Gasteiger partial charge in [-0.3, -0.25) is 9.29 Å². The number of halogens is 2. The highest BCUT2D eigenvalue weighted by molar-refractivity contribution is 7.93. The molecule has 0 saturated carbocycles. The van der Waals surface area contributed by atoms with Crippen molar-refractivity contribution in [3.05, 3.63) is 89.5 Å². The zero-order valence-corrected chi connectivity index (χ0v) is 26.6. The van der Waals surface area contributed by atoms with E-state index in [1.807, 2.05) is 0 Å². The highest BCUT2D eigenvalue weighted by Gasteiger charge is 2.38. The molecule has 0 N–H and O–H groups in total. The summed E-state index contributed by atoms with van der Waals surface area (Å²) in [6.07, 6.45) is 3.33. The summed E-state index contributed by atoms with van der Waals surface area (Å²) >= 11 is 0.974. The Bertz CT molecular complexity index is 1720. The number of hydrogen-bond acceptors (Lipinski definition) is 9. The van der Waals surface area contributed by atoms with Crippen LogP contribution in [0.25, 0.3) is 0 Å². The van der Waals surface area contributed by atoms with Crippen LogP contribution in [0.2, 0.25) is 0 Å². The standard InChI is InChI=1S/C32H34F2N4O5S2/c1-41-25-8-5-23(30(16-25)42-2)19-38(32-35-20-36-44-32)45(39,40)26-9-10-27-28(12-14-43-31(27)17-26)37-13-11-21(18-33)15-29(37)22-3-6-24(34)7-4-22/h3-10,16-17,20-21,28-29H,11-15,18-19H2,1-2H3/t21-,28+,29+/m1/s1. The summed E-state index contributed by atoms with van der Waals surface area (Å²) in [6, 6.07) is 16.4. The van der Waals surface area contributed by atoms with E-state index >= 15 is 0 Å². The van der Waals surface area contributed by atoms with Crippen molar-refractivity contribution in [2.75, 3.05) is 38.4 Å². The Hall–Kier alpha value is -3.81. The topological polar surface area (TPSA) is 94.1 Å². The number of methoxy groups -OCH3 is 2. The van der Waals surface area contributed by atoms with Gasteiger partial charge in [0.2, 0.25) is 5.13 Å². The number of fused-ring (bicyclic) bond motifs is 1. The molecule has 0 unspecified atom stereocenters. The Morgan fingerprint density at radius 1 is 1.04 bits per heavy atom. The summed E-state index contributed by atoms with van der Waals surface area (Å²) < 4.78 is 78.1. The van der Waals surface area contributed by atoms with E-state index in [4.69, 9.17) is 14.2 Å². The molecule has 1 aromatic heterocycles. The van der Waals surface area contributed by atoms with E-state index < -0.39 is 16.7 Å². The minimum atomic E-state index is -4.12. The van der Waals surface area contributed by atoms with Crippen LogP contribution < -0.4 is 18.5 Å². The number of benzene rings is 3. The van der Waals surface area contributed by atoms with Gasteiger partial charge < -0.3 is 14.2 Å². The maximum Gasteiger partial charge on any atom is 0.266 e. The maximum absolute atomic E-state index is 14.2. The average molecular weight is 657 g/mol. The molecule has 6 rings (SSSR count). The molecule has 9 nitrogen and oxygen atoms in total. The Balaban J connectivity index is 1.33. The molecule has 1 fully saturated rings. The van der Waals surface area contributed by atoms with E-state index in [9.17, 15) is 17.2 Å².